The van der Waals surface area contributed by atoms with Gasteiger partial charge in [-0.2, -0.15) is 0 Å². The highest BCUT2D eigenvalue weighted by Gasteiger charge is 2.11. The van der Waals surface area contributed by atoms with Gasteiger partial charge in [0.1, 0.15) is 0 Å². The summed E-state index contributed by atoms with van der Waals surface area (Å²) in [6, 6.07) is 3.90. The van der Waals surface area contributed by atoms with Gasteiger partial charge in [-0.05, 0) is 12.1 Å². The van der Waals surface area contributed by atoms with Crippen LogP contribution in [0.25, 0.3) is 0 Å². The molecule has 0 fully saturated rings. The van der Waals surface area contributed by atoms with Gasteiger partial charge in [-0.1, -0.05) is 0 Å². The van der Waals surface area contributed by atoms with Crippen molar-refractivity contribution in [2.75, 3.05) is 20.7 Å². The minimum Gasteiger partial charge on any atom is -0.469 e. The number of carbonyl (C=O) groups excluding carboxylic acids is 2. The number of carbonyl (C=O) groups is 2. The minimum absolute atomic E-state index is 0.0399. The second-order valence-electron chi connectivity index (χ2n) is 3.84. The molecule has 0 aliphatic heterocycles. The number of nitrogens with one attached hydrogen (secondary N) is 1. The van der Waals surface area contributed by atoms with Crippen LogP contribution in [-0.4, -0.2) is 42.5 Å². The molecule has 0 saturated carbocycles. The van der Waals surface area contributed by atoms with Crippen molar-refractivity contribution in [3.05, 3.63) is 24.0 Å². The molecule has 0 atom stereocenters. The van der Waals surface area contributed by atoms with Crippen LogP contribution in [0, 0.1) is 0 Å². The number of aromatic nitrogens is 1. The van der Waals surface area contributed by atoms with Crippen LogP contribution >= 0.6 is 0 Å². The zero-order chi connectivity index (χ0) is 12.7. The molecule has 1 aromatic rings. The lowest BCUT2D eigenvalue weighted by Crippen LogP contribution is -2.29. The van der Waals surface area contributed by atoms with Crippen molar-refractivity contribution in [1.29, 1.82) is 0 Å². The average Bonchev–Trinajstić information content (AvgIpc) is 2.85. The zero-order valence-electron chi connectivity index (χ0n) is 10.2. The standard InChI is InChI=1S/C12H18N2O3/c1-14(9-7-10-4-3-8-13-10)11(15)5-6-12(16)17-2/h3-4,8,13H,5-7,9H2,1-2H3. The maximum atomic E-state index is 11.6. The van der Waals surface area contributed by atoms with Crippen molar-refractivity contribution in [3.8, 4) is 0 Å². The van der Waals surface area contributed by atoms with Crippen molar-refractivity contribution < 1.29 is 14.3 Å². The summed E-state index contributed by atoms with van der Waals surface area (Å²) in [7, 11) is 3.06. The highest BCUT2D eigenvalue weighted by Crippen LogP contribution is 2.01. The van der Waals surface area contributed by atoms with Crippen LogP contribution in [0.15, 0.2) is 18.3 Å². The molecule has 5 heteroatoms. The molecule has 1 N–H and O–H groups in total. The first-order valence-corrected chi connectivity index (χ1v) is 5.56. The van der Waals surface area contributed by atoms with Gasteiger partial charge in [-0.3, -0.25) is 9.59 Å². The van der Waals surface area contributed by atoms with Gasteiger partial charge in [-0.15, -0.1) is 0 Å². The number of esters is 1. The van der Waals surface area contributed by atoms with E-state index in [0.29, 0.717) is 6.54 Å². The number of hydrogen-bond acceptors (Lipinski definition) is 3. The van der Waals surface area contributed by atoms with E-state index in [1.54, 1.807) is 11.9 Å². The summed E-state index contributed by atoms with van der Waals surface area (Å²) < 4.78 is 4.48. The van der Waals surface area contributed by atoms with E-state index in [2.05, 4.69) is 9.72 Å². The van der Waals surface area contributed by atoms with E-state index in [-0.39, 0.29) is 24.7 Å². The SMILES string of the molecule is COC(=O)CCC(=O)N(C)CCc1ccc[nH]1. The largest absolute Gasteiger partial charge is 0.469 e. The first-order chi connectivity index (χ1) is 8.13. The fraction of sp³-hybridized carbons (Fsp3) is 0.500. The summed E-state index contributed by atoms with van der Waals surface area (Å²) >= 11 is 0. The molecule has 0 bridgehead atoms. The highest BCUT2D eigenvalue weighted by atomic mass is 16.5. The monoisotopic (exact) mass is 238 g/mol. The van der Waals surface area contributed by atoms with Crippen LogP contribution in [0.4, 0.5) is 0 Å². The number of aromatic amines is 1. The third-order valence-corrected chi connectivity index (χ3v) is 2.58. The maximum Gasteiger partial charge on any atom is 0.306 e. The minimum atomic E-state index is -0.351. The fourth-order valence-electron chi connectivity index (χ4n) is 1.44. The van der Waals surface area contributed by atoms with Crippen molar-refractivity contribution in [3.63, 3.8) is 0 Å². The fourth-order valence-corrected chi connectivity index (χ4v) is 1.44. The van der Waals surface area contributed by atoms with Gasteiger partial charge in [0, 0.05) is 38.3 Å². The van der Waals surface area contributed by atoms with E-state index < -0.39 is 0 Å². The van der Waals surface area contributed by atoms with E-state index in [1.807, 2.05) is 18.3 Å². The van der Waals surface area contributed by atoms with Crippen LogP contribution in [0.5, 0.6) is 0 Å². The molecule has 1 heterocycles. The molecule has 1 aromatic heterocycles. The van der Waals surface area contributed by atoms with Crippen molar-refractivity contribution in [1.82, 2.24) is 9.88 Å². The lowest BCUT2D eigenvalue weighted by atomic mass is 10.2. The van der Waals surface area contributed by atoms with Crippen LogP contribution in [0.3, 0.4) is 0 Å². The molecule has 0 unspecified atom stereocenters. The molecule has 0 aromatic carbocycles. The molecule has 1 amide bonds. The first kappa shape index (κ1) is 13.3. The Morgan fingerprint density at radius 3 is 2.76 bits per heavy atom. The molecule has 5 nitrogen and oxygen atoms in total. The average molecular weight is 238 g/mol. The first-order valence-electron chi connectivity index (χ1n) is 5.56. The Morgan fingerprint density at radius 1 is 1.41 bits per heavy atom. The number of methoxy groups -OCH3 is 1. The third kappa shape index (κ3) is 4.72. The van der Waals surface area contributed by atoms with Gasteiger partial charge in [0.2, 0.25) is 5.91 Å². The molecule has 1 rings (SSSR count). The second kappa shape index (κ2) is 6.73. The van der Waals surface area contributed by atoms with Gasteiger partial charge in [0.15, 0.2) is 0 Å². The van der Waals surface area contributed by atoms with E-state index in [4.69, 9.17) is 0 Å². The second-order valence-corrected chi connectivity index (χ2v) is 3.84. The lowest BCUT2D eigenvalue weighted by Gasteiger charge is -2.16. The van der Waals surface area contributed by atoms with Crippen LogP contribution in [0.2, 0.25) is 0 Å². The van der Waals surface area contributed by atoms with E-state index in [9.17, 15) is 9.59 Å². The Kier molecular flexibility index (Phi) is 5.26. The number of H-pyrrole nitrogens is 1. The summed E-state index contributed by atoms with van der Waals surface area (Å²) in [6.45, 7) is 0.639. The Morgan fingerprint density at radius 2 is 2.18 bits per heavy atom. The van der Waals surface area contributed by atoms with Gasteiger partial charge in [0.05, 0.1) is 13.5 Å². The zero-order valence-corrected chi connectivity index (χ0v) is 10.2. The number of rotatable bonds is 6. The van der Waals surface area contributed by atoms with Crippen LogP contribution < -0.4 is 0 Å². The predicted octanol–water partition coefficient (Wildman–Crippen LogP) is 0.969. The maximum absolute atomic E-state index is 11.6. The molecule has 0 aliphatic rings. The number of nitrogens with zero attached hydrogens (tertiary/aromatic N) is 1. The van der Waals surface area contributed by atoms with E-state index in [0.717, 1.165) is 12.1 Å². The summed E-state index contributed by atoms with van der Waals surface area (Å²) in [4.78, 5) is 27.2. The molecule has 0 radical (unpaired) electrons. The Bertz CT molecular complexity index is 360. The quantitative estimate of drug-likeness (QED) is 0.751. The van der Waals surface area contributed by atoms with Gasteiger partial charge >= 0.3 is 5.97 Å². The molecule has 0 saturated heterocycles. The van der Waals surface area contributed by atoms with Crippen molar-refractivity contribution >= 4 is 11.9 Å². The van der Waals surface area contributed by atoms with E-state index in [1.165, 1.54) is 7.11 Å². The van der Waals surface area contributed by atoms with Crippen LogP contribution in [0.1, 0.15) is 18.5 Å². The summed E-state index contributed by atoms with van der Waals surface area (Å²) in [5, 5.41) is 0. The normalized spacial score (nSPS) is 10.0. The summed E-state index contributed by atoms with van der Waals surface area (Å²) in [5.74, 6) is -0.391. The topological polar surface area (TPSA) is 62.4 Å². The third-order valence-electron chi connectivity index (χ3n) is 2.58. The molecule has 94 valence electrons. The van der Waals surface area contributed by atoms with E-state index >= 15 is 0 Å². The van der Waals surface area contributed by atoms with Gasteiger partial charge in [0.25, 0.3) is 0 Å². The molecular weight excluding hydrogens is 220 g/mol. The molecule has 0 spiro atoms. The number of ether oxygens (including phenoxy) is 1. The molecular formula is C12H18N2O3. The highest BCUT2D eigenvalue weighted by molar-refractivity contribution is 5.81. The Balaban J connectivity index is 2.24. The summed E-state index contributed by atoms with van der Waals surface area (Å²) in [6.07, 6.45) is 2.98. The lowest BCUT2D eigenvalue weighted by molar-refractivity contribution is -0.143. The number of amides is 1. The van der Waals surface area contributed by atoms with Crippen LogP contribution in [-0.2, 0) is 20.7 Å². The van der Waals surface area contributed by atoms with Crippen molar-refractivity contribution in [2.45, 2.75) is 19.3 Å². The van der Waals surface area contributed by atoms with Gasteiger partial charge in [-0.25, -0.2) is 0 Å². The number of hydrogen-bond donors (Lipinski definition) is 1. The molecule has 0 aliphatic carbocycles. The smallest absolute Gasteiger partial charge is 0.306 e. The predicted molar refractivity (Wildman–Crippen MR) is 63.4 cm³/mol. The Hall–Kier alpha value is -1.78. The summed E-state index contributed by atoms with van der Waals surface area (Å²) in [5.41, 5.74) is 1.10. The van der Waals surface area contributed by atoms with Gasteiger partial charge < -0.3 is 14.6 Å². The van der Waals surface area contributed by atoms with Crippen molar-refractivity contribution in [2.24, 2.45) is 0 Å². The Labute approximate surface area is 101 Å². The number of likely N-dealkylation sites (N-methyl/N-ethyl adjacent to an activating group) is 1. The molecule has 17 heavy (non-hydrogen) atoms.